The summed E-state index contributed by atoms with van der Waals surface area (Å²) < 4.78 is 5.54. The van der Waals surface area contributed by atoms with Crippen molar-refractivity contribution in [3.63, 3.8) is 0 Å². The van der Waals surface area contributed by atoms with Crippen LogP contribution in [0.1, 0.15) is 35.9 Å². The van der Waals surface area contributed by atoms with Crippen molar-refractivity contribution in [1.29, 1.82) is 0 Å². The molecule has 0 amide bonds. The number of benzene rings is 1. The molecule has 0 aliphatic carbocycles. The largest absolute Gasteiger partial charge is 0.422 e. The van der Waals surface area contributed by atoms with Crippen LogP contribution in [-0.2, 0) is 0 Å². The van der Waals surface area contributed by atoms with E-state index in [0.29, 0.717) is 17.6 Å². The fraction of sp³-hybridized carbons (Fsp3) is 0.353. The molecule has 22 heavy (non-hydrogen) atoms. The first kappa shape index (κ1) is 13.2. The molecule has 1 aliphatic heterocycles. The molecule has 1 atom stereocenters. The average Bonchev–Trinajstić information content (AvgIpc) is 3.12. The number of oxazole rings is 1. The van der Waals surface area contributed by atoms with Crippen molar-refractivity contribution >= 4 is 17.0 Å². The van der Waals surface area contributed by atoms with Gasteiger partial charge in [0.1, 0.15) is 6.33 Å². The molecule has 2 aromatic heterocycles. The molecule has 112 valence electrons. The fourth-order valence-corrected chi connectivity index (χ4v) is 3.36. The Morgan fingerprint density at radius 1 is 1.18 bits per heavy atom. The number of fused-ring (bicyclic) bond motifs is 1. The normalized spacial score (nSPS) is 18.3. The minimum atomic E-state index is 0.344. The number of rotatable bonds is 2. The number of aryl methyl sites for hydroxylation is 2. The zero-order valence-corrected chi connectivity index (χ0v) is 12.8. The second-order valence-electron chi connectivity index (χ2n) is 5.79. The number of hydrogen-bond donors (Lipinski definition) is 0. The summed E-state index contributed by atoms with van der Waals surface area (Å²) in [5, 5.41) is 0. The molecule has 3 aromatic rings. The molecule has 0 unspecified atom stereocenters. The van der Waals surface area contributed by atoms with Gasteiger partial charge >= 0.3 is 0 Å². The Balaban J connectivity index is 1.82. The summed E-state index contributed by atoms with van der Waals surface area (Å²) in [5.74, 6) is 1.51. The molecule has 4 rings (SSSR count). The van der Waals surface area contributed by atoms with Crippen molar-refractivity contribution in [2.24, 2.45) is 0 Å². The van der Waals surface area contributed by atoms with Crippen molar-refractivity contribution < 1.29 is 4.42 Å². The van der Waals surface area contributed by atoms with Crippen molar-refractivity contribution in [3.05, 3.63) is 47.6 Å². The summed E-state index contributed by atoms with van der Waals surface area (Å²) in [7, 11) is 0. The van der Waals surface area contributed by atoms with E-state index in [2.05, 4.69) is 51.0 Å². The van der Waals surface area contributed by atoms with Crippen molar-refractivity contribution in [2.75, 3.05) is 11.4 Å². The van der Waals surface area contributed by atoms with Gasteiger partial charge in [0, 0.05) is 13.5 Å². The van der Waals surface area contributed by atoms with Gasteiger partial charge in [0.2, 0.25) is 0 Å². The van der Waals surface area contributed by atoms with Gasteiger partial charge in [-0.1, -0.05) is 24.3 Å². The highest BCUT2D eigenvalue weighted by molar-refractivity contribution is 5.82. The van der Waals surface area contributed by atoms with Crippen LogP contribution in [0.5, 0.6) is 0 Å². The van der Waals surface area contributed by atoms with Crippen LogP contribution in [0.2, 0.25) is 0 Å². The van der Waals surface area contributed by atoms with Gasteiger partial charge in [-0.05, 0) is 30.9 Å². The first-order valence-corrected chi connectivity index (χ1v) is 7.64. The van der Waals surface area contributed by atoms with Gasteiger partial charge in [-0.2, -0.15) is 4.98 Å². The molecule has 1 saturated heterocycles. The number of aromatic nitrogens is 3. The summed E-state index contributed by atoms with van der Waals surface area (Å²) >= 11 is 0. The van der Waals surface area contributed by atoms with E-state index in [9.17, 15) is 0 Å². The quantitative estimate of drug-likeness (QED) is 0.723. The Kier molecular flexibility index (Phi) is 3.06. The van der Waals surface area contributed by atoms with Gasteiger partial charge in [-0.3, -0.25) is 0 Å². The molecule has 0 bridgehead atoms. The summed E-state index contributed by atoms with van der Waals surface area (Å²) in [5.41, 5.74) is 4.02. The molecular formula is C17H18N4O. The minimum absolute atomic E-state index is 0.344. The van der Waals surface area contributed by atoms with E-state index in [4.69, 9.17) is 4.42 Å². The van der Waals surface area contributed by atoms with Crippen LogP contribution in [0.3, 0.4) is 0 Å². The van der Waals surface area contributed by atoms with Crippen LogP contribution in [0.4, 0.5) is 5.82 Å². The van der Waals surface area contributed by atoms with E-state index >= 15 is 0 Å². The van der Waals surface area contributed by atoms with Crippen LogP contribution in [0, 0.1) is 13.8 Å². The van der Waals surface area contributed by atoms with Gasteiger partial charge in [-0.25, -0.2) is 9.97 Å². The van der Waals surface area contributed by atoms with E-state index in [-0.39, 0.29) is 0 Å². The molecule has 1 fully saturated rings. The van der Waals surface area contributed by atoms with Gasteiger partial charge in [0.05, 0.1) is 6.04 Å². The van der Waals surface area contributed by atoms with E-state index in [0.717, 1.165) is 30.7 Å². The van der Waals surface area contributed by atoms with Crippen LogP contribution >= 0.6 is 0 Å². The molecule has 0 spiro atoms. The zero-order chi connectivity index (χ0) is 15.1. The zero-order valence-electron chi connectivity index (χ0n) is 12.8. The number of nitrogens with zero attached hydrogens (tertiary/aromatic N) is 4. The Morgan fingerprint density at radius 3 is 2.91 bits per heavy atom. The van der Waals surface area contributed by atoms with Gasteiger partial charge in [0.15, 0.2) is 17.2 Å². The fourth-order valence-electron chi connectivity index (χ4n) is 3.36. The summed E-state index contributed by atoms with van der Waals surface area (Å²) in [6.07, 6.45) is 3.85. The average molecular weight is 294 g/mol. The Morgan fingerprint density at radius 2 is 2.05 bits per heavy atom. The lowest BCUT2D eigenvalue weighted by Gasteiger charge is -2.27. The van der Waals surface area contributed by atoms with Crippen molar-refractivity contribution in [1.82, 2.24) is 15.0 Å². The van der Waals surface area contributed by atoms with Gasteiger partial charge in [0.25, 0.3) is 5.71 Å². The molecule has 1 aromatic carbocycles. The number of anilines is 1. The van der Waals surface area contributed by atoms with Gasteiger partial charge < -0.3 is 9.32 Å². The third-order valence-electron chi connectivity index (χ3n) is 4.36. The predicted molar refractivity (Wildman–Crippen MR) is 84.8 cm³/mol. The smallest absolute Gasteiger partial charge is 0.252 e. The summed E-state index contributed by atoms with van der Waals surface area (Å²) in [6.45, 7) is 4.99. The van der Waals surface area contributed by atoms with E-state index in [1.807, 2.05) is 6.92 Å². The van der Waals surface area contributed by atoms with Crippen LogP contribution in [0.25, 0.3) is 11.2 Å². The Bertz CT molecular complexity index is 826. The van der Waals surface area contributed by atoms with Gasteiger partial charge in [-0.15, -0.1) is 0 Å². The molecule has 5 nitrogen and oxygen atoms in total. The highest BCUT2D eigenvalue weighted by Crippen LogP contribution is 2.38. The molecule has 3 heterocycles. The van der Waals surface area contributed by atoms with E-state index < -0.39 is 0 Å². The maximum absolute atomic E-state index is 5.54. The molecule has 0 N–H and O–H groups in total. The molecule has 1 aliphatic rings. The third-order valence-corrected chi connectivity index (χ3v) is 4.36. The summed E-state index contributed by atoms with van der Waals surface area (Å²) in [4.78, 5) is 15.5. The monoisotopic (exact) mass is 294 g/mol. The Hall–Kier alpha value is -2.43. The lowest BCUT2D eigenvalue weighted by atomic mass is 9.99. The lowest BCUT2D eigenvalue weighted by molar-refractivity contribution is 0.551. The first-order chi connectivity index (χ1) is 10.7. The van der Waals surface area contributed by atoms with Crippen LogP contribution in [0.15, 0.2) is 35.0 Å². The molecule has 5 heteroatoms. The van der Waals surface area contributed by atoms with E-state index in [1.165, 1.54) is 11.1 Å². The summed E-state index contributed by atoms with van der Waals surface area (Å²) in [6, 6.07) is 8.92. The third kappa shape index (κ3) is 2.04. The Labute approximate surface area is 129 Å². The van der Waals surface area contributed by atoms with Crippen molar-refractivity contribution in [2.45, 2.75) is 32.7 Å². The highest BCUT2D eigenvalue weighted by Gasteiger charge is 2.30. The first-order valence-electron chi connectivity index (χ1n) is 7.64. The highest BCUT2D eigenvalue weighted by atomic mass is 16.4. The maximum atomic E-state index is 5.54. The maximum Gasteiger partial charge on any atom is 0.252 e. The SMILES string of the molecule is Cc1nc2c(N3CCC[C@H]3c3ccccc3C)ncnc2o1. The van der Waals surface area contributed by atoms with Crippen molar-refractivity contribution in [3.8, 4) is 0 Å². The molecule has 0 radical (unpaired) electrons. The lowest BCUT2D eigenvalue weighted by Crippen LogP contribution is -2.24. The predicted octanol–water partition coefficient (Wildman–Crippen LogP) is 3.58. The van der Waals surface area contributed by atoms with Crippen LogP contribution < -0.4 is 4.90 Å². The second kappa shape index (κ2) is 5.09. The van der Waals surface area contributed by atoms with E-state index in [1.54, 1.807) is 6.33 Å². The number of hydrogen-bond acceptors (Lipinski definition) is 5. The van der Waals surface area contributed by atoms with Crippen LogP contribution in [-0.4, -0.2) is 21.5 Å². The molecular weight excluding hydrogens is 276 g/mol. The minimum Gasteiger partial charge on any atom is -0.422 e. The topological polar surface area (TPSA) is 55.1 Å². The standard InChI is InChI=1S/C17H18N4O/c1-11-6-3-4-7-13(11)14-8-5-9-21(14)16-15-17(19-10-18-16)22-12(2)20-15/h3-4,6-7,10,14H,5,8-9H2,1-2H3/t14-/m0/s1. The molecule has 0 saturated carbocycles. The second-order valence-corrected chi connectivity index (χ2v) is 5.79.